The van der Waals surface area contributed by atoms with Crippen molar-refractivity contribution in [2.75, 3.05) is 13.7 Å². The van der Waals surface area contributed by atoms with Gasteiger partial charge in [-0.15, -0.1) is 0 Å². The van der Waals surface area contributed by atoms with Crippen LogP contribution in [0.25, 0.3) is 0 Å². The molecule has 0 radical (unpaired) electrons. The topological polar surface area (TPSA) is 48.4 Å². The van der Waals surface area contributed by atoms with Crippen LogP contribution in [-0.4, -0.2) is 24.7 Å². The Morgan fingerprint density at radius 2 is 2.38 bits per heavy atom. The normalized spacial score (nSPS) is 14.6. The van der Waals surface area contributed by atoms with E-state index in [1.807, 2.05) is 0 Å². The van der Waals surface area contributed by atoms with Gasteiger partial charge in [-0.2, -0.15) is 0 Å². The molecule has 1 saturated carbocycles. The van der Waals surface area contributed by atoms with Crippen LogP contribution < -0.4 is 4.74 Å². The fraction of sp³-hybridized carbons (Fsp3) is 0.455. The molecule has 1 aromatic heterocycles. The first kappa shape index (κ1) is 10.9. The maximum Gasteiger partial charge on any atom is 0.339 e. The maximum absolute atomic E-state index is 13.4. The molecular formula is C11H12FNO3. The second-order valence-electron chi connectivity index (χ2n) is 3.76. The van der Waals surface area contributed by atoms with Gasteiger partial charge in [0.15, 0.2) is 5.82 Å². The second kappa shape index (κ2) is 4.47. The van der Waals surface area contributed by atoms with Crippen molar-refractivity contribution in [1.82, 2.24) is 4.98 Å². The SMILES string of the molecule is COC(=O)c1cnc(OCC2CC2)c(F)c1. The van der Waals surface area contributed by atoms with Gasteiger partial charge in [0.2, 0.25) is 5.88 Å². The average Bonchev–Trinajstić information content (AvgIpc) is 3.10. The summed E-state index contributed by atoms with van der Waals surface area (Å²) in [5, 5.41) is 0. The first-order valence-corrected chi connectivity index (χ1v) is 5.07. The van der Waals surface area contributed by atoms with E-state index in [1.165, 1.54) is 13.3 Å². The molecular weight excluding hydrogens is 213 g/mol. The van der Waals surface area contributed by atoms with Crippen molar-refractivity contribution in [2.24, 2.45) is 5.92 Å². The van der Waals surface area contributed by atoms with Gasteiger partial charge in [-0.05, 0) is 24.8 Å². The number of methoxy groups -OCH3 is 1. The molecule has 1 fully saturated rings. The number of rotatable bonds is 4. The minimum absolute atomic E-state index is 0.0560. The summed E-state index contributed by atoms with van der Waals surface area (Å²) in [4.78, 5) is 14.8. The molecule has 0 unspecified atom stereocenters. The van der Waals surface area contributed by atoms with Gasteiger partial charge >= 0.3 is 5.97 Å². The summed E-state index contributed by atoms with van der Waals surface area (Å²) in [6.45, 7) is 0.488. The molecule has 86 valence electrons. The largest absolute Gasteiger partial charge is 0.475 e. The Balaban J connectivity index is 2.05. The molecule has 0 aliphatic heterocycles. The molecule has 2 rings (SSSR count). The van der Waals surface area contributed by atoms with Crippen LogP contribution in [0.1, 0.15) is 23.2 Å². The van der Waals surface area contributed by atoms with E-state index in [-0.39, 0.29) is 11.4 Å². The van der Waals surface area contributed by atoms with E-state index >= 15 is 0 Å². The number of carbonyl (C=O) groups excluding carboxylic acids is 1. The van der Waals surface area contributed by atoms with Gasteiger partial charge in [0.25, 0.3) is 0 Å². The number of aromatic nitrogens is 1. The zero-order valence-electron chi connectivity index (χ0n) is 8.90. The van der Waals surface area contributed by atoms with Crippen molar-refractivity contribution >= 4 is 5.97 Å². The first-order chi connectivity index (χ1) is 7.70. The Morgan fingerprint density at radius 1 is 1.62 bits per heavy atom. The van der Waals surface area contributed by atoms with E-state index in [0.717, 1.165) is 18.9 Å². The Morgan fingerprint density at radius 3 is 2.94 bits per heavy atom. The number of nitrogens with zero attached hydrogens (tertiary/aromatic N) is 1. The lowest BCUT2D eigenvalue weighted by Gasteiger charge is -2.05. The highest BCUT2D eigenvalue weighted by molar-refractivity contribution is 5.88. The van der Waals surface area contributed by atoms with Gasteiger partial charge in [0.1, 0.15) is 0 Å². The van der Waals surface area contributed by atoms with E-state index in [4.69, 9.17) is 4.74 Å². The number of hydrogen-bond donors (Lipinski definition) is 0. The van der Waals surface area contributed by atoms with Crippen LogP contribution in [-0.2, 0) is 4.74 Å². The van der Waals surface area contributed by atoms with E-state index in [1.54, 1.807) is 0 Å². The predicted molar refractivity (Wildman–Crippen MR) is 53.8 cm³/mol. The Hall–Kier alpha value is -1.65. The molecule has 1 aliphatic rings. The van der Waals surface area contributed by atoms with E-state index < -0.39 is 11.8 Å². The van der Waals surface area contributed by atoms with Crippen LogP contribution >= 0.6 is 0 Å². The number of esters is 1. The summed E-state index contributed by atoms with van der Waals surface area (Å²) in [7, 11) is 1.23. The highest BCUT2D eigenvalue weighted by Gasteiger charge is 2.23. The molecule has 5 heteroatoms. The Labute approximate surface area is 92.4 Å². The molecule has 0 spiro atoms. The summed E-state index contributed by atoms with van der Waals surface area (Å²) < 4.78 is 23.1. The standard InChI is InChI=1S/C11H12FNO3/c1-15-11(14)8-4-9(12)10(13-5-8)16-6-7-2-3-7/h4-5,7H,2-3,6H2,1H3. The summed E-state index contributed by atoms with van der Waals surface area (Å²) in [5.74, 6) is -0.773. The third kappa shape index (κ3) is 2.48. The zero-order chi connectivity index (χ0) is 11.5. The quantitative estimate of drug-likeness (QED) is 0.733. The molecule has 0 amide bonds. The highest BCUT2D eigenvalue weighted by Crippen LogP contribution is 2.29. The molecule has 0 N–H and O–H groups in total. The number of carbonyl (C=O) groups is 1. The third-order valence-corrected chi connectivity index (χ3v) is 2.38. The van der Waals surface area contributed by atoms with Crippen molar-refractivity contribution in [3.8, 4) is 5.88 Å². The fourth-order valence-electron chi connectivity index (χ4n) is 1.24. The van der Waals surface area contributed by atoms with Crippen LogP contribution in [0.3, 0.4) is 0 Å². The highest BCUT2D eigenvalue weighted by atomic mass is 19.1. The molecule has 0 bridgehead atoms. The van der Waals surface area contributed by atoms with Crippen molar-refractivity contribution in [2.45, 2.75) is 12.8 Å². The first-order valence-electron chi connectivity index (χ1n) is 5.07. The van der Waals surface area contributed by atoms with Gasteiger partial charge < -0.3 is 9.47 Å². The lowest BCUT2D eigenvalue weighted by molar-refractivity contribution is 0.0599. The summed E-state index contributed by atoms with van der Waals surface area (Å²) in [6.07, 6.45) is 3.50. The minimum Gasteiger partial charge on any atom is -0.475 e. The second-order valence-corrected chi connectivity index (χ2v) is 3.76. The van der Waals surface area contributed by atoms with Crippen LogP contribution in [0.5, 0.6) is 5.88 Å². The van der Waals surface area contributed by atoms with E-state index in [9.17, 15) is 9.18 Å². The summed E-state index contributed by atoms with van der Waals surface area (Å²) in [6, 6.07) is 1.07. The van der Waals surface area contributed by atoms with Crippen LogP contribution in [0.2, 0.25) is 0 Å². The van der Waals surface area contributed by atoms with Crippen molar-refractivity contribution < 1.29 is 18.7 Å². The molecule has 16 heavy (non-hydrogen) atoms. The Kier molecular flexibility index (Phi) is 3.03. The minimum atomic E-state index is -0.636. The molecule has 1 aliphatic carbocycles. The van der Waals surface area contributed by atoms with E-state index in [2.05, 4.69) is 9.72 Å². The van der Waals surface area contributed by atoms with Crippen LogP contribution in [0.15, 0.2) is 12.3 Å². The average molecular weight is 225 g/mol. The van der Waals surface area contributed by atoms with Crippen molar-refractivity contribution in [1.29, 1.82) is 0 Å². The molecule has 0 aromatic carbocycles. The van der Waals surface area contributed by atoms with Gasteiger partial charge in [0, 0.05) is 6.20 Å². The van der Waals surface area contributed by atoms with Crippen LogP contribution in [0.4, 0.5) is 4.39 Å². The van der Waals surface area contributed by atoms with Gasteiger partial charge in [-0.1, -0.05) is 0 Å². The smallest absolute Gasteiger partial charge is 0.339 e. The number of ether oxygens (including phenoxy) is 2. The summed E-state index contributed by atoms with van der Waals surface area (Å²) >= 11 is 0. The monoisotopic (exact) mass is 225 g/mol. The third-order valence-electron chi connectivity index (χ3n) is 2.38. The fourth-order valence-corrected chi connectivity index (χ4v) is 1.24. The Bertz CT molecular complexity index is 404. The number of hydrogen-bond acceptors (Lipinski definition) is 4. The predicted octanol–water partition coefficient (Wildman–Crippen LogP) is 1.80. The molecule has 1 aromatic rings. The van der Waals surface area contributed by atoms with Gasteiger partial charge in [-0.3, -0.25) is 0 Å². The lowest BCUT2D eigenvalue weighted by Crippen LogP contribution is -2.06. The van der Waals surface area contributed by atoms with Gasteiger partial charge in [0.05, 0.1) is 19.3 Å². The number of pyridine rings is 1. The number of halogens is 1. The van der Waals surface area contributed by atoms with Gasteiger partial charge in [-0.25, -0.2) is 14.2 Å². The zero-order valence-corrected chi connectivity index (χ0v) is 8.90. The van der Waals surface area contributed by atoms with Crippen LogP contribution in [0, 0.1) is 11.7 Å². The maximum atomic E-state index is 13.4. The molecule has 4 nitrogen and oxygen atoms in total. The van der Waals surface area contributed by atoms with Crippen molar-refractivity contribution in [3.63, 3.8) is 0 Å². The lowest BCUT2D eigenvalue weighted by atomic mass is 10.3. The summed E-state index contributed by atoms with van der Waals surface area (Å²) in [5.41, 5.74) is 0.0822. The molecule has 0 atom stereocenters. The molecule has 1 heterocycles. The molecule has 0 saturated heterocycles. The van der Waals surface area contributed by atoms with Crippen molar-refractivity contribution in [3.05, 3.63) is 23.6 Å². The van der Waals surface area contributed by atoms with E-state index in [0.29, 0.717) is 12.5 Å².